The van der Waals surface area contributed by atoms with E-state index in [4.69, 9.17) is 5.11 Å². The quantitative estimate of drug-likeness (QED) is 0.604. The summed E-state index contributed by atoms with van der Waals surface area (Å²) in [6.07, 6.45) is -0.267. The summed E-state index contributed by atoms with van der Waals surface area (Å²) in [5, 5.41) is 15.6. The van der Waals surface area contributed by atoms with Crippen molar-refractivity contribution >= 4 is 0 Å². The highest BCUT2D eigenvalue weighted by molar-refractivity contribution is 5.25. The van der Waals surface area contributed by atoms with Gasteiger partial charge < -0.3 is 15.7 Å². The Labute approximate surface area is 97.9 Å². The molecule has 0 radical (unpaired) electrons. The third-order valence-corrected chi connectivity index (χ3v) is 2.50. The van der Waals surface area contributed by atoms with Crippen LogP contribution in [0.5, 0.6) is 0 Å². The van der Waals surface area contributed by atoms with Gasteiger partial charge in [-0.25, -0.2) is 0 Å². The van der Waals surface area contributed by atoms with E-state index in [-0.39, 0.29) is 6.10 Å². The van der Waals surface area contributed by atoms with Gasteiger partial charge in [0.2, 0.25) is 0 Å². The molecule has 1 aromatic carbocycles. The zero-order valence-corrected chi connectivity index (χ0v) is 10.2. The van der Waals surface area contributed by atoms with Crippen molar-refractivity contribution < 1.29 is 5.11 Å². The van der Waals surface area contributed by atoms with E-state index in [0.717, 1.165) is 19.6 Å². The summed E-state index contributed by atoms with van der Waals surface area (Å²) < 4.78 is 0. The molecule has 0 saturated heterocycles. The van der Waals surface area contributed by atoms with Gasteiger partial charge >= 0.3 is 0 Å². The summed E-state index contributed by atoms with van der Waals surface area (Å²) in [5.41, 5.74) is 2.67. The van der Waals surface area contributed by atoms with E-state index in [2.05, 4.69) is 41.8 Å². The van der Waals surface area contributed by atoms with Gasteiger partial charge in [-0.1, -0.05) is 24.3 Å². The fraction of sp³-hybridized carbons (Fsp3) is 0.538. The maximum atomic E-state index is 9.04. The van der Waals surface area contributed by atoms with Crippen LogP contribution < -0.4 is 10.6 Å². The van der Waals surface area contributed by atoms with E-state index in [1.807, 2.05) is 0 Å². The molecule has 0 aliphatic carbocycles. The largest absolute Gasteiger partial charge is 0.392 e. The number of rotatable bonds is 7. The molecule has 0 bridgehead atoms. The van der Waals surface area contributed by atoms with Crippen molar-refractivity contribution in [3.05, 3.63) is 35.4 Å². The van der Waals surface area contributed by atoms with Crippen LogP contribution in [0.25, 0.3) is 0 Å². The molecule has 0 aliphatic rings. The number of aryl methyl sites for hydroxylation is 1. The summed E-state index contributed by atoms with van der Waals surface area (Å²) in [6.45, 7) is 7.28. The number of nitrogens with one attached hydrogen (secondary N) is 2. The Morgan fingerprint density at radius 1 is 1.19 bits per heavy atom. The van der Waals surface area contributed by atoms with Crippen LogP contribution in [-0.4, -0.2) is 30.8 Å². The number of benzene rings is 1. The van der Waals surface area contributed by atoms with E-state index in [1.165, 1.54) is 11.1 Å². The first-order valence-electron chi connectivity index (χ1n) is 5.84. The molecule has 0 saturated carbocycles. The Hall–Kier alpha value is -0.900. The van der Waals surface area contributed by atoms with Gasteiger partial charge in [0.05, 0.1) is 6.10 Å². The van der Waals surface area contributed by atoms with E-state index in [0.29, 0.717) is 6.54 Å². The molecule has 0 amide bonds. The number of hydrogen-bond donors (Lipinski definition) is 3. The van der Waals surface area contributed by atoms with Gasteiger partial charge in [-0.2, -0.15) is 0 Å². The number of aliphatic hydroxyl groups is 1. The Bertz CT molecular complexity index is 300. The van der Waals surface area contributed by atoms with E-state index in [1.54, 1.807) is 6.92 Å². The minimum atomic E-state index is -0.267. The molecule has 0 heterocycles. The number of aliphatic hydroxyl groups excluding tert-OH is 1. The summed E-state index contributed by atoms with van der Waals surface area (Å²) in [7, 11) is 0. The fourth-order valence-corrected chi connectivity index (χ4v) is 1.52. The van der Waals surface area contributed by atoms with E-state index >= 15 is 0 Å². The zero-order chi connectivity index (χ0) is 11.8. The molecule has 90 valence electrons. The third kappa shape index (κ3) is 5.26. The number of hydrogen-bond acceptors (Lipinski definition) is 3. The zero-order valence-electron chi connectivity index (χ0n) is 10.2. The van der Waals surface area contributed by atoms with Crippen molar-refractivity contribution in [1.82, 2.24) is 10.6 Å². The highest BCUT2D eigenvalue weighted by Gasteiger charge is 1.96. The molecule has 3 heteroatoms. The van der Waals surface area contributed by atoms with Crippen LogP contribution in [0.3, 0.4) is 0 Å². The fourth-order valence-electron chi connectivity index (χ4n) is 1.52. The van der Waals surface area contributed by atoms with E-state index < -0.39 is 0 Å². The predicted octanol–water partition coefficient (Wildman–Crippen LogP) is 1.06. The van der Waals surface area contributed by atoms with Crippen LogP contribution in [0.2, 0.25) is 0 Å². The van der Waals surface area contributed by atoms with Crippen molar-refractivity contribution in [2.45, 2.75) is 26.5 Å². The van der Waals surface area contributed by atoms with Gasteiger partial charge in [-0.05, 0) is 25.0 Å². The first-order chi connectivity index (χ1) is 7.70. The summed E-state index contributed by atoms with van der Waals surface area (Å²) in [6, 6.07) is 8.40. The lowest BCUT2D eigenvalue weighted by molar-refractivity contribution is 0.191. The van der Waals surface area contributed by atoms with Crippen LogP contribution in [0.15, 0.2) is 24.3 Å². The highest BCUT2D eigenvalue weighted by Crippen LogP contribution is 2.05. The first kappa shape index (κ1) is 13.2. The SMILES string of the molecule is Cc1ccccc1CNCCNC[C@H](C)O. The van der Waals surface area contributed by atoms with Crippen molar-refractivity contribution in [2.75, 3.05) is 19.6 Å². The first-order valence-corrected chi connectivity index (χ1v) is 5.84. The molecule has 0 unspecified atom stereocenters. The molecular formula is C13H22N2O. The summed E-state index contributed by atoms with van der Waals surface area (Å²) in [4.78, 5) is 0. The molecule has 1 rings (SSSR count). The monoisotopic (exact) mass is 222 g/mol. The lowest BCUT2D eigenvalue weighted by atomic mass is 10.1. The standard InChI is InChI=1S/C13H22N2O/c1-11-5-3-4-6-13(11)10-15-8-7-14-9-12(2)16/h3-6,12,14-16H,7-10H2,1-2H3/t12-/m0/s1. The van der Waals surface area contributed by atoms with Gasteiger partial charge in [-0.3, -0.25) is 0 Å². The smallest absolute Gasteiger partial charge is 0.0636 e. The summed E-state index contributed by atoms with van der Waals surface area (Å²) >= 11 is 0. The van der Waals surface area contributed by atoms with Crippen molar-refractivity contribution in [3.63, 3.8) is 0 Å². The van der Waals surface area contributed by atoms with Crippen LogP contribution in [-0.2, 0) is 6.54 Å². The molecule has 1 aromatic rings. The van der Waals surface area contributed by atoms with Gasteiger partial charge in [0, 0.05) is 26.2 Å². The molecule has 0 fully saturated rings. The second-order valence-electron chi connectivity index (χ2n) is 4.16. The van der Waals surface area contributed by atoms with E-state index in [9.17, 15) is 0 Å². The van der Waals surface area contributed by atoms with Crippen LogP contribution in [0.4, 0.5) is 0 Å². The maximum Gasteiger partial charge on any atom is 0.0636 e. The van der Waals surface area contributed by atoms with Gasteiger partial charge in [0.1, 0.15) is 0 Å². The molecule has 0 aromatic heterocycles. The van der Waals surface area contributed by atoms with Gasteiger partial charge in [-0.15, -0.1) is 0 Å². The molecule has 3 N–H and O–H groups in total. The van der Waals surface area contributed by atoms with Crippen molar-refractivity contribution in [3.8, 4) is 0 Å². The second-order valence-corrected chi connectivity index (χ2v) is 4.16. The van der Waals surface area contributed by atoms with Crippen LogP contribution >= 0.6 is 0 Å². The third-order valence-electron chi connectivity index (χ3n) is 2.50. The topological polar surface area (TPSA) is 44.3 Å². The lowest BCUT2D eigenvalue weighted by Gasteiger charge is -2.09. The molecule has 3 nitrogen and oxygen atoms in total. The van der Waals surface area contributed by atoms with Crippen molar-refractivity contribution in [2.24, 2.45) is 0 Å². The maximum absolute atomic E-state index is 9.04. The average Bonchev–Trinajstić information content (AvgIpc) is 2.25. The Balaban J connectivity index is 2.10. The summed E-state index contributed by atoms with van der Waals surface area (Å²) in [5.74, 6) is 0. The minimum absolute atomic E-state index is 0.267. The predicted molar refractivity (Wildman–Crippen MR) is 67.4 cm³/mol. The Morgan fingerprint density at radius 2 is 1.88 bits per heavy atom. The average molecular weight is 222 g/mol. The van der Waals surface area contributed by atoms with Gasteiger partial charge in [0.25, 0.3) is 0 Å². The van der Waals surface area contributed by atoms with Crippen LogP contribution in [0, 0.1) is 6.92 Å². The highest BCUT2D eigenvalue weighted by atomic mass is 16.3. The van der Waals surface area contributed by atoms with Crippen LogP contribution in [0.1, 0.15) is 18.1 Å². The van der Waals surface area contributed by atoms with Crippen molar-refractivity contribution in [1.29, 1.82) is 0 Å². The Kier molecular flexibility index (Phi) is 6.08. The molecule has 1 atom stereocenters. The van der Waals surface area contributed by atoms with Gasteiger partial charge in [0.15, 0.2) is 0 Å². The molecular weight excluding hydrogens is 200 g/mol. The molecule has 0 aliphatic heterocycles. The normalized spacial score (nSPS) is 12.7. The Morgan fingerprint density at radius 3 is 2.56 bits per heavy atom. The minimum Gasteiger partial charge on any atom is -0.392 e. The molecule has 16 heavy (non-hydrogen) atoms. The molecule has 0 spiro atoms. The lowest BCUT2D eigenvalue weighted by Crippen LogP contribution is -2.31. The second kappa shape index (κ2) is 7.39.